The number of rotatable bonds is 7. The molecular weight excluding hydrogens is 560 g/mol. The fourth-order valence-electron chi connectivity index (χ4n) is 6.22. The summed E-state index contributed by atoms with van der Waals surface area (Å²) in [7, 11) is -2.35. The first-order valence-electron chi connectivity index (χ1n) is 13.3. The lowest BCUT2D eigenvalue weighted by Gasteiger charge is -2.40. The van der Waals surface area contributed by atoms with Crippen LogP contribution < -0.4 is 4.72 Å². The van der Waals surface area contributed by atoms with Crippen LogP contribution in [0.25, 0.3) is 26.4 Å². The third-order valence-electron chi connectivity index (χ3n) is 8.27. The molecule has 1 aliphatic carbocycles. The summed E-state index contributed by atoms with van der Waals surface area (Å²) in [6, 6.07) is 3.27. The number of alkyl halides is 2. The molecule has 4 heterocycles. The summed E-state index contributed by atoms with van der Waals surface area (Å²) < 4.78 is 58.0. The van der Waals surface area contributed by atoms with Crippen molar-refractivity contribution in [1.82, 2.24) is 29.6 Å². The number of fused-ring (bicyclic) bond motifs is 3. The molecule has 14 heteroatoms. The summed E-state index contributed by atoms with van der Waals surface area (Å²) in [5, 5.41) is 12.3. The summed E-state index contributed by atoms with van der Waals surface area (Å²) in [6.07, 6.45) is 1.26. The maximum absolute atomic E-state index is 13.6. The smallest absolute Gasteiger partial charge is 0.299 e. The second-order valence-electron chi connectivity index (χ2n) is 11.3. The van der Waals surface area contributed by atoms with E-state index < -0.39 is 27.1 Å². The number of amides is 1. The summed E-state index contributed by atoms with van der Waals surface area (Å²) >= 11 is 0.721. The van der Waals surface area contributed by atoms with E-state index in [-0.39, 0.29) is 45.4 Å². The Bertz CT molecular complexity index is 1640. The molecule has 1 N–H and O–H groups in total. The van der Waals surface area contributed by atoms with Crippen molar-refractivity contribution in [3.63, 3.8) is 0 Å². The topological polar surface area (TPSA) is 114 Å². The number of benzene rings is 1. The first-order valence-corrected chi connectivity index (χ1v) is 15.6. The van der Waals surface area contributed by atoms with Gasteiger partial charge in [0, 0.05) is 30.4 Å². The largest absolute Gasteiger partial charge is 0.336 e. The summed E-state index contributed by atoms with van der Waals surface area (Å²) in [5.74, 6) is -0.0106. The van der Waals surface area contributed by atoms with Gasteiger partial charge in [0.15, 0.2) is 10.0 Å². The van der Waals surface area contributed by atoms with Gasteiger partial charge in [-0.2, -0.15) is 5.10 Å². The second kappa shape index (κ2) is 9.53. The van der Waals surface area contributed by atoms with E-state index in [2.05, 4.69) is 24.9 Å². The van der Waals surface area contributed by atoms with Gasteiger partial charge < -0.3 is 4.90 Å². The molecule has 2 saturated heterocycles. The molecule has 1 amide bonds. The minimum Gasteiger partial charge on any atom is -0.336 e. The van der Waals surface area contributed by atoms with Crippen molar-refractivity contribution >= 4 is 38.2 Å². The lowest BCUT2D eigenvalue weighted by molar-refractivity contribution is -0.139. The van der Waals surface area contributed by atoms with Crippen LogP contribution in [0.15, 0.2) is 17.0 Å². The van der Waals surface area contributed by atoms with Crippen LogP contribution in [-0.2, 0) is 21.9 Å². The van der Waals surface area contributed by atoms with Gasteiger partial charge in [-0.25, -0.2) is 23.8 Å². The van der Waals surface area contributed by atoms with Gasteiger partial charge in [-0.3, -0.25) is 14.3 Å². The van der Waals surface area contributed by atoms with Gasteiger partial charge in [-0.15, -0.1) is 14.9 Å². The predicted molar refractivity (Wildman–Crippen MR) is 144 cm³/mol. The van der Waals surface area contributed by atoms with Crippen LogP contribution in [0.2, 0.25) is 0 Å². The van der Waals surface area contributed by atoms with Crippen LogP contribution in [0.5, 0.6) is 0 Å². The predicted octanol–water partition coefficient (Wildman–Crippen LogP) is 4.61. The highest BCUT2D eigenvalue weighted by molar-refractivity contribution is 7.89. The quantitative estimate of drug-likeness (QED) is 0.403. The number of aryl methyl sites for hydroxylation is 1. The number of hydrogen-bond donors (Lipinski definition) is 1. The number of carbonyl (C=O) groups excluding carboxylic acids is 1. The van der Waals surface area contributed by atoms with E-state index in [0.29, 0.717) is 36.6 Å². The van der Waals surface area contributed by atoms with E-state index in [1.54, 1.807) is 17.8 Å². The average Bonchev–Trinajstić information content (AvgIpc) is 3.22. The van der Waals surface area contributed by atoms with Crippen molar-refractivity contribution in [2.75, 3.05) is 0 Å². The van der Waals surface area contributed by atoms with E-state index in [1.807, 2.05) is 18.7 Å². The zero-order chi connectivity index (χ0) is 28.6. The second-order valence-corrected chi connectivity index (χ2v) is 14.0. The standard InChI is InChI=1S/C26H29F2N7O3S2/c1-13(2)25(36)35-15-5-6-16(35)10-14(9-15)18-11-17(40(37,38)33-26(29-3)7-8-26)12-19-20(32-34(4)21(18)19)23-30-31-24(39-23)22(27)28/h11-16,22,33H,5-10H2,1-2,4H3. The molecule has 0 spiro atoms. The molecular formula is C26H29F2N7O3S2. The van der Waals surface area contributed by atoms with E-state index in [9.17, 15) is 22.0 Å². The summed E-state index contributed by atoms with van der Waals surface area (Å²) in [6.45, 7) is 11.2. The van der Waals surface area contributed by atoms with Crippen molar-refractivity contribution in [3.05, 3.63) is 34.1 Å². The Morgan fingerprint density at radius 2 is 1.88 bits per heavy atom. The van der Waals surface area contributed by atoms with Gasteiger partial charge in [-0.1, -0.05) is 25.2 Å². The van der Waals surface area contributed by atoms with Crippen molar-refractivity contribution < 1.29 is 22.0 Å². The number of nitrogens with zero attached hydrogens (tertiary/aromatic N) is 6. The van der Waals surface area contributed by atoms with E-state index in [4.69, 9.17) is 6.57 Å². The molecule has 2 unspecified atom stereocenters. The van der Waals surface area contributed by atoms with Crippen LogP contribution in [-0.4, -0.2) is 56.9 Å². The van der Waals surface area contributed by atoms with Gasteiger partial charge in [-0.05, 0) is 49.3 Å². The summed E-state index contributed by atoms with van der Waals surface area (Å²) in [4.78, 5) is 18.5. The Balaban J connectivity index is 1.48. The molecule has 2 atom stereocenters. The zero-order valence-corrected chi connectivity index (χ0v) is 23.9. The number of aromatic nitrogens is 4. The van der Waals surface area contributed by atoms with Crippen molar-refractivity contribution in [2.45, 2.75) is 87.4 Å². The fourth-order valence-corrected chi connectivity index (χ4v) is 8.34. The molecule has 6 rings (SSSR count). The van der Waals surface area contributed by atoms with Crippen LogP contribution >= 0.6 is 11.3 Å². The maximum Gasteiger partial charge on any atom is 0.299 e. The molecule has 10 nitrogen and oxygen atoms in total. The highest BCUT2D eigenvalue weighted by atomic mass is 32.2. The molecule has 3 fully saturated rings. The molecule has 1 saturated carbocycles. The summed E-state index contributed by atoms with van der Waals surface area (Å²) in [5.41, 5.74) is 0.626. The van der Waals surface area contributed by atoms with Gasteiger partial charge in [0.1, 0.15) is 5.69 Å². The number of nitrogens with one attached hydrogen (secondary N) is 1. The number of piperidine rings is 1. The molecule has 3 aliphatic rings. The third kappa shape index (κ3) is 4.48. The van der Waals surface area contributed by atoms with Gasteiger partial charge in [0.2, 0.25) is 15.9 Å². The minimum absolute atomic E-state index is 0.00851. The van der Waals surface area contributed by atoms with Crippen LogP contribution in [0.1, 0.15) is 75.3 Å². The monoisotopic (exact) mass is 589 g/mol. The third-order valence-corrected chi connectivity index (χ3v) is 10.7. The van der Waals surface area contributed by atoms with Crippen LogP contribution in [0, 0.1) is 12.5 Å². The van der Waals surface area contributed by atoms with Gasteiger partial charge in [0.05, 0.1) is 23.3 Å². The van der Waals surface area contributed by atoms with Crippen molar-refractivity contribution in [1.29, 1.82) is 0 Å². The lowest BCUT2D eigenvalue weighted by Crippen LogP contribution is -2.47. The molecule has 3 aromatic rings. The molecule has 40 heavy (non-hydrogen) atoms. The highest BCUT2D eigenvalue weighted by Crippen LogP contribution is 2.47. The van der Waals surface area contributed by atoms with Gasteiger partial charge in [0.25, 0.3) is 12.1 Å². The number of halogens is 2. The van der Waals surface area contributed by atoms with Crippen molar-refractivity contribution in [2.24, 2.45) is 13.0 Å². The Kier molecular flexibility index (Phi) is 6.47. The van der Waals surface area contributed by atoms with Gasteiger partial charge >= 0.3 is 0 Å². The fraction of sp³-hybridized carbons (Fsp3) is 0.577. The molecule has 212 valence electrons. The Morgan fingerprint density at radius 3 is 2.42 bits per heavy atom. The first kappa shape index (κ1) is 27.2. The van der Waals surface area contributed by atoms with Crippen LogP contribution in [0.4, 0.5) is 8.78 Å². The molecule has 2 bridgehead atoms. The average molecular weight is 590 g/mol. The lowest BCUT2D eigenvalue weighted by atomic mass is 9.83. The molecule has 0 radical (unpaired) electrons. The molecule has 2 aromatic heterocycles. The highest BCUT2D eigenvalue weighted by Gasteiger charge is 2.54. The normalized spacial score (nSPS) is 23.8. The Hall–Kier alpha value is -3.02. The van der Waals surface area contributed by atoms with Crippen LogP contribution in [0.3, 0.4) is 0 Å². The van der Waals surface area contributed by atoms with Crippen molar-refractivity contribution in [3.8, 4) is 10.7 Å². The van der Waals surface area contributed by atoms with E-state index >= 15 is 0 Å². The van der Waals surface area contributed by atoms with E-state index in [1.165, 1.54) is 6.07 Å². The molecule has 1 aromatic carbocycles. The molecule has 2 aliphatic heterocycles. The zero-order valence-electron chi connectivity index (χ0n) is 22.3. The SMILES string of the molecule is [C-]#[N+]C1(NS(=O)(=O)c2cc(C3CC4CCC(C3)N4C(=O)C(C)C)c3c(c2)c(-c2nnc(C(F)F)s2)nn3C)CC1. The number of sulfonamides is 1. The number of carbonyl (C=O) groups is 1. The van der Waals surface area contributed by atoms with E-state index in [0.717, 1.165) is 29.7 Å². The Labute approximate surface area is 234 Å². The maximum atomic E-state index is 13.6. The number of hydrogen-bond acceptors (Lipinski definition) is 7. The minimum atomic E-state index is -4.08. The first-order chi connectivity index (χ1) is 18.9. The Morgan fingerprint density at radius 1 is 1.20 bits per heavy atom.